The fraction of sp³-hybridized carbons (Fsp3) is 0.939. The Hall–Kier alpha value is -1.94. The molecule has 6 atom stereocenters. The Morgan fingerprint density at radius 1 is 0.341 bits per heavy atom. The molecule has 0 aliphatic rings. The topological polar surface area (TPSA) is 237 Å². The van der Waals surface area contributed by atoms with Gasteiger partial charge >= 0.3 is 39.5 Å². The second-order valence-corrected chi connectivity index (χ2v) is 28.0. The highest BCUT2D eigenvalue weighted by Gasteiger charge is 2.30. The molecule has 85 heavy (non-hydrogen) atoms. The average Bonchev–Trinajstić information content (AvgIpc) is 3.58. The molecule has 3 N–H and O–H groups in total. The summed E-state index contributed by atoms with van der Waals surface area (Å²) in [6.45, 7) is 11.7. The molecule has 0 fully saturated rings. The average molecular weight is 1260 g/mol. The summed E-state index contributed by atoms with van der Waals surface area (Å²) in [6.07, 6.45) is 39.2. The van der Waals surface area contributed by atoms with E-state index in [2.05, 4.69) is 48.5 Å². The highest BCUT2D eigenvalue weighted by atomic mass is 31.2. The van der Waals surface area contributed by atoms with Crippen molar-refractivity contribution >= 4 is 39.5 Å². The van der Waals surface area contributed by atoms with Crippen molar-refractivity contribution < 1.29 is 80.2 Å². The third-order valence-corrected chi connectivity index (χ3v) is 17.4. The van der Waals surface area contributed by atoms with Crippen molar-refractivity contribution in [3.05, 3.63) is 0 Å². The van der Waals surface area contributed by atoms with Gasteiger partial charge in [0.25, 0.3) is 0 Å². The number of esters is 4. The number of hydrogen-bond donors (Lipinski definition) is 3. The molecule has 0 aliphatic heterocycles. The number of aliphatic hydroxyl groups excluding tert-OH is 1. The normalized spacial score (nSPS) is 14.6. The van der Waals surface area contributed by atoms with E-state index >= 15 is 0 Å². The summed E-state index contributed by atoms with van der Waals surface area (Å²) in [6, 6.07) is 0. The molecular formula is C66H128O17P2. The third kappa shape index (κ3) is 59.5. The number of phosphoric ester groups is 2. The molecule has 17 nitrogen and oxygen atoms in total. The Morgan fingerprint density at radius 3 is 0.894 bits per heavy atom. The Bertz CT molecular complexity index is 1680. The predicted octanol–water partition coefficient (Wildman–Crippen LogP) is 18.3. The van der Waals surface area contributed by atoms with E-state index in [0.29, 0.717) is 25.7 Å². The Morgan fingerprint density at radius 2 is 0.600 bits per heavy atom. The molecule has 504 valence electrons. The largest absolute Gasteiger partial charge is 0.472 e. The van der Waals surface area contributed by atoms with Crippen LogP contribution >= 0.6 is 15.6 Å². The Balaban J connectivity index is 5.19. The maximum atomic E-state index is 13.0. The van der Waals surface area contributed by atoms with E-state index in [1.54, 1.807) is 0 Å². The quantitative estimate of drug-likeness (QED) is 0.0222. The molecule has 0 aromatic carbocycles. The van der Waals surface area contributed by atoms with Gasteiger partial charge in [-0.05, 0) is 43.4 Å². The van der Waals surface area contributed by atoms with Gasteiger partial charge in [-0.1, -0.05) is 273 Å². The van der Waals surface area contributed by atoms with Crippen LogP contribution in [0, 0.1) is 17.8 Å². The van der Waals surface area contributed by atoms with Crippen molar-refractivity contribution in [1.82, 2.24) is 0 Å². The van der Waals surface area contributed by atoms with E-state index in [-0.39, 0.29) is 25.7 Å². The molecule has 0 amide bonds. The van der Waals surface area contributed by atoms with Crippen LogP contribution in [0.2, 0.25) is 0 Å². The standard InChI is InChI=1S/C66H128O17P2/c1-8-10-11-30-40-47-63(68)76-53-61(82-66(71)50-43-36-29-23-22-26-33-39-46-59(7)9-2)55-80-84(72,73)78-51-60(67)52-79-85(74,75)81-56-62(54-77-64(69)48-41-34-27-20-17-16-19-25-32-38-45-58(5)6)83-65(70)49-42-35-28-21-15-13-12-14-18-24-31-37-44-57(3)4/h57-62,67H,8-56H2,1-7H3,(H,72,73)(H,74,75)/t59?,60-,61+,62+/m0/s1. The first-order valence-corrected chi connectivity index (χ1v) is 37.4. The van der Waals surface area contributed by atoms with E-state index in [1.165, 1.54) is 128 Å². The second-order valence-electron chi connectivity index (χ2n) is 25.1. The van der Waals surface area contributed by atoms with Gasteiger partial charge < -0.3 is 33.8 Å². The second kappa shape index (κ2) is 57.2. The molecule has 0 aliphatic carbocycles. The van der Waals surface area contributed by atoms with Crippen molar-refractivity contribution in [2.75, 3.05) is 39.6 Å². The molecule has 3 unspecified atom stereocenters. The van der Waals surface area contributed by atoms with Crippen LogP contribution in [0.4, 0.5) is 0 Å². The zero-order valence-corrected chi connectivity index (χ0v) is 56.9. The number of aliphatic hydroxyl groups is 1. The maximum Gasteiger partial charge on any atom is 0.472 e. The summed E-state index contributed by atoms with van der Waals surface area (Å²) in [4.78, 5) is 72.1. The van der Waals surface area contributed by atoms with Gasteiger partial charge in [0.1, 0.15) is 19.3 Å². The molecule has 19 heteroatoms. The lowest BCUT2D eigenvalue weighted by Gasteiger charge is -2.21. The number of carbonyl (C=O) groups is 4. The van der Waals surface area contributed by atoms with Crippen molar-refractivity contribution in [2.45, 2.75) is 343 Å². The van der Waals surface area contributed by atoms with Crippen molar-refractivity contribution in [3.63, 3.8) is 0 Å². The van der Waals surface area contributed by atoms with Gasteiger partial charge in [0.15, 0.2) is 12.2 Å². The van der Waals surface area contributed by atoms with E-state index in [0.717, 1.165) is 114 Å². The van der Waals surface area contributed by atoms with Crippen molar-refractivity contribution in [2.24, 2.45) is 17.8 Å². The number of hydrogen-bond acceptors (Lipinski definition) is 15. The summed E-state index contributed by atoms with van der Waals surface area (Å²) in [5, 5.41) is 10.5. The summed E-state index contributed by atoms with van der Waals surface area (Å²) >= 11 is 0. The first-order valence-electron chi connectivity index (χ1n) is 34.4. The van der Waals surface area contributed by atoms with Gasteiger partial charge in [-0.25, -0.2) is 9.13 Å². The predicted molar refractivity (Wildman–Crippen MR) is 340 cm³/mol. The highest BCUT2D eigenvalue weighted by Crippen LogP contribution is 2.45. The molecule has 0 rings (SSSR count). The van der Waals surface area contributed by atoms with Gasteiger partial charge in [-0.2, -0.15) is 0 Å². The molecule has 0 saturated heterocycles. The summed E-state index contributed by atoms with van der Waals surface area (Å²) in [5.74, 6) is 0.162. The van der Waals surface area contributed by atoms with Gasteiger partial charge in [0.05, 0.1) is 26.4 Å². The van der Waals surface area contributed by atoms with Crippen LogP contribution < -0.4 is 0 Å². The van der Waals surface area contributed by atoms with Gasteiger partial charge in [-0.3, -0.25) is 37.3 Å². The smallest absolute Gasteiger partial charge is 0.462 e. The fourth-order valence-electron chi connectivity index (χ4n) is 9.80. The zero-order valence-electron chi connectivity index (χ0n) is 55.1. The van der Waals surface area contributed by atoms with Gasteiger partial charge in [-0.15, -0.1) is 0 Å². The molecule has 0 spiro atoms. The van der Waals surface area contributed by atoms with E-state index in [1.807, 2.05) is 0 Å². The summed E-state index contributed by atoms with van der Waals surface area (Å²) in [7, 11) is -9.89. The van der Waals surface area contributed by atoms with Crippen LogP contribution in [0.1, 0.15) is 325 Å². The minimum Gasteiger partial charge on any atom is -0.462 e. The molecule has 0 bridgehead atoms. The van der Waals surface area contributed by atoms with Crippen LogP contribution in [-0.4, -0.2) is 96.7 Å². The Labute approximate surface area is 517 Å². The molecule has 0 aromatic rings. The summed E-state index contributed by atoms with van der Waals surface area (Å²) in [5.41, 5.74) is 0. The Kier molecular flexibility index (Phi) is 55.9. The third-order valence-electron chi connectivity index (χ3n) is 15.5. The lowest BCUT2D eigenvalue weighted by molar-refractivity contribution is -0.161. The van der Waals surface area contributed by atoms with Crippen molar-refractivity contribution in [3.8, 4) is 0 Å². The number of ether oxygens (including phenoxy) is 4. The SMILES string of the molecule is CCCCCCCC(=O)OC[C@H](COP(=O)(O)OC[C@H](O)COP(=O)(O)OC[C@@H](COC(=O)CCCCCCCCCCCCC(C)C)OC(=O)CCCCCCCCCCCCCCC(C)C)OC(=O)CCCCCCCCCCC(C)CC. The maximum absolute atomic E-state index is 13.0. The molecule has 0 aromatic heterocycles. The van der Waals surface area contributed by atoms with Crippen molar-refractivity contribution in [1.29, 1.82) is 0 Å². The minimum atomic E-state index is -4.95. The lowest BCUT2D eigenvalue weighted by atomic mass is 9.99. The van der Waals surface area contributed by atoms with Gasteiger partial charge in [0, 0.05) is 25.7 Å². The number of unbranched alkanes of at least 4 members (excludes halogenated alkanes) is 31. The zero-order chi connectivity index (χ0) is 63.1. The van der Waals surface area contributed by atoms with Crippen LogP contribution in [-0.2, 0) is 65.4 Å². The monoisotopic (exact) mass is 1250 g/mol. The van der Waals surface area contributed by atoms with E-state index in [4.69, 9.17) is 37.0 Å². The van der Waals surface area contributed by atoms with E-state index in [9.17, 15) is 43.2 Å². The highest BCUT2D eigenvalue weighted by molar-refractivity contribution is 7.47. The van der Waals surface area contributed by atoms with Gasteiger partial charge in [0.2, 0.25) is 0 Å². The molecule has 0 radical (unpaired) electrons. The van der Waals surface area contributed by atoms with E-state index < -0.39 is 97.5 Å². The first-order chi connectivity index (χ1) is 40.8. The minimum absolute atomic E-state index is 0.104. The number of phosphoric acid groups is 2. The summed E-state index contributed by atoms with van der Waals surface area (Å²) < 4.78 is 67.9. The lowest BCUT2D eigenvalue weighted by Crippen LogP contribution is -2.30. The van der Waals surface area contributed by atoms with Crippen LogP contribution in [0.5, 0.6) is 0 Å². The molecular weight excluding hydrogens is 1130 g/mol. The molecule has 0 saturated carbocycles. The van der Waals surface area contributed by atoms with Crippen LogP contribution in [0.25, 0.3) is 0 Å². The fourth-order valence-corrected chi connectivity index (χ4v) is 11.4. The first kappa shape index (κ1) is 83.1. The number of carbonyl (C=O) groups excluding carboxylic acids is 4. The molecule has 0 heterocycles. The number of rotatable bonds is 64. The van der Waals surface area contributed by atoms with Crippen LogP contribution in [0.15, 0.2) is 0 Å². The van der Waals surface area contributed by atoms with Crippen LogP contribution in [0.3, 0.4) is 0 Å².